The minimum absolute atomic E-state index is 0.109. The molecule has 52 heavy (non-hydrogen) atoms. The molecule has 15 heteroatoms. The molecule has 5 aromatic rings. The van der Waals surface area contributed by atoms with Crippen LogP contribution in [0.15, 0.2) is 77.7 Å². The molecule has 0 saturated heterocycles. The summed E-state index contributed by atoms with van der Waals surface area (Å²) in [4.78, 5) is 55.4. The molecule has 15 nitrogen and oxygen atoms in total. The molecule has 6 rings (SSSR count). The van der Waals surface area contributed by atoms with Crippen molar-refractivity contribution in [3.05, 3.63) is 105 Å². The third-order valence-corrected chi connectivity index (χ3v) is 9.00. The van der Waals surface area contributed by atoms with Gasteiger partial charge in [-0.1, -0.05) is 42.5 Å². The number of pyridine rings is 1. The summed E-state index contributed by atoms with van der Waals surface area (Å²) in [5.74, 6) is 0.488. The van der Waals surface area contributed by atoms with Crippen LogP contribution < -0.4 is 30.3 Å². The number of methoxy groups -OCH3 is 1. The number of carbonyl (C=O) groups is 1. The highest BCUT2D eigenvalue weighted by Crippen LogP contribution is 2.41. The predicted octanol–water partition coefficient (Wildman–Crippen LogP) is 5.59. The Kier molecular flexibility index (Phi) is 10.2. The second-order valence-electron chi connectivity index (χ2n) is 12.8. The summed E-state index contributed by atoms with van der Waals surface area (Å²) in [6.45, 7) is 3.97. The Labute approximate surface area is 300 Å². The molecule has 2 aromatic heterocycles. The van der Waals surface area contributed by atoms with Gasteiger partial charge in [0.1, 0.15) is 29.4 Å². The van der Waals surface area contributed by atoms with E-state index >= 15 is 0 Å². The van der Waals surface area contributed by atoms with Crippen LogP contribution in [0.3, 0.4) is 0 Å². The first-order valence-electron chi connectivity index (χ1n) is 16.7. The van der Waals surface area contributed by atoms with Crippen LogP contribution in [0.5, 0.6) is 5.75 Å². The molecule has 0 atom stereocenters. The number of benzene rings is 3. The third kappa shape index (κ3) is 7.16. The SMILES string of the molecule is COc1cc(N(C)CCN(C)C)c([N+](=O)[O-])cc1Nc1ncc2cc(N3CCN(C(=O)OCc4ccccc4)c4c(C)cccc43)c(=O)n(C)c2n1. The Morgan fingerprint density at radius 3 is 2.50 bits per heavy atom. The van der Waals surface area contributed by atoms with E-state index in [1.807, 2.05) is 84.2 Å². The van der Waals surface area contributed by atoms with Crippen molar-refractivity contribution >= 4 is 57.2 Å². The zero-order valence-corrected chi connectivity index (χ0v) is 30.0. The lowest BCUT2D eigenvalue weighted by molar-refractivity contribution is -0.384. The van der Waals surface area contributed by atoms with Gasteiger partial charge in [-0.05, 0) is 44.3 Å². The summed E-state index contributed by atoms with van der Waals surface area (Å²) < 4.78 is 12.7. The first-order valence-corrected chi connectivity index (χ1v) is 16.7. The van der Waals surface area contributed by atoms with Gasteiger partial charge in [-0.15, -0.1) is 0 Å². The summed E-state index contributed by atoms with van der Waals surface area (Å²) in [6.07, 6.45) is 1.12. The second kappa shape index (κ2) is 14.9. The number of nitro benzene ring substituents is 1. The van der Waals surface area contributed by atoms with Gasteiger partial charge in [-0.3, -0.25) is 24.4 Å². The van der Waals surface area contributed by atoms with Crippen LogP contribution in [0.25, 0.3) is 11.0 Å². The lowest BCUT2D eigenvalue weighted by Gasteiger charge is -2.38. The number of nitro groups is 1. The molecular formula is C37H41N9O6. The number of carbonyl (C=O) groups excluding carboxylic acids is 1. The number of ether oxygens (including phenoxy) is 2. The van der Waals surface area contributed by atoms with E-state index in [-0.39, 0.29) is 23.8 Å². The highest BCUT2D eigenvalue weighted by molar-refractivity contribution is 5.97. The predicted molar refractivity (Wildman–Crippen MR) is 202 cm³/mol. The molecule has 0 radical (unpaired) electrons. The van der Waals surface area contributed by atoms with Crippen LogP contribution in [0.4, 0.5) is 44.9 Å². The van der Waals surface area contributed by atoms with Crippen LogP contribution >= 0.6 is 0 Å². The van der Waals surface area contributed by atoms with E-state index in [1.54, 1.807) is 37.3 Å². The van der Waals surface area contributed by atoms with E-state index in [0.29, 0.717) is 71.4 Å². The van der Waals surface area contributed by atoms with Gasteiger partial charge in [0.15, 0.2) is 0 Å². The Balaban J connectivity index is 1.30. The van der Waals surface area contributed by atoms with E-state index < -0.39 is 11.0 Å². The highest BCUT2D eigenvalue weighted by Gasteiger charge is 2.32. The van der Waals surface area contributed by atoms with Crippen LogP contribution in [-0.4, -0.2) is 84.9 Å². The van der Waals surface area contributed by atoms with Crippen LogP contribution in [-0.2, 0) is 18.4 Å². The van der Waals surface area contributed by atoms with Gasteiger partial charge in [0, 0.05) is 64.0 Å². The number of hydrogen-bond donors (Lipinski definition) is 1. The topological polar surface area (TPSA) is 151 Å². The molecule has 0 fully saturated rings. The molecule has 1 aliphatic heterocycles. The lowest BCUT2D eigenvalue weighted by atomic mass is 10.1. The molecule has 0 bridgehead atoms. The van der Waals surface area contributed by atoms with Gasteiger partial charge in [-0.25, -0.2) is 9.78 Å². The molecule has 3 heterocycles. The number of rotatable bonds is 11. The Morgan fingerprint density at radius 1 is 1.02 bits per heavy atom. The van der Waals surface area contributed by atoms with Gasteiger partial charge in [0.2, 0.25) is 5.95 Å². The van der Waals surface area contributed by atoms with Crippen molar-refractivity contribution in [2.45, 2.75) is 13.5 Å². The number of nitrogens with zero attached hydrogens (tertiary/aromatic N) is 8. The second-order valence-corrected chi connectivity index (χ2v) is 12.8. The van der Waals surface area contributed by atoms with Crippen molar-refractivity contribution in [3.63, 3.8) is 0 Å². The highest BCUT2D eigenvalue weighted by atomic mass is 16.6. The number of hydrogen-bond acceptors (Lipinski definition) is 12. The summed E-state index contributed by atoms with van der Waals surface area (Å²) in [5, 5.41) is 15.8. The lowest BCUT2D eigenvalue weighted by Crippen LogP contribution is -2.44. The van der Waals surface area contributed by atoms with Gasteiger partial charge >= 0.3 is 6.09 Å². The van der Waals surface area contributed by atoms with E-state index in [2.05, 4.69) is 15.3 Å². The van der Waals surface area contributed by atoms with Gasteiger partial charge < -0.3 is 29.5 Å². The molecule has 0 unspecified atom stereocenters. The zero-order chi connectivity index (χ0) is 37.1. The average molecular weight is 708 g/mol. The Hall–Kier alpha value is -6.22. The maximum Gasteiger partial charge on any atom is 0.414 e. The van der Waals surface area contributed by atoms with Crippen LogP contribution in [0.1, 0.15) is 11.1 Å². The quantitative estimate of drug-likeness (QED) is 0.135. The van der Waals surface area contributed by atoms with E-state index in [1.165, 1.54) is 17.7 Å². The van der Waals surface area contributed by atoms with Gasteiger partial charge in [0.05, 0.1) is 29.1 Å². The maximum atomic E-state index is 14.0. The fraction of sp³-hybridized carbons (Fsp3) is 0.297. The molecule has 1 aliphatic rings. The summed E-state index contributed by atoms with van der Waals surface area (Å²) in [7, 11) is 8.77. The number of aromatic nitrogens is 3. The Bertz CT molecular complexity index is 2190. The molecule has 1 amide bonds. The zero-order valence-electron chi connectivity index (χ0n) is 30.0. The summed E-state index contributed by atoms with van der Waals surface area (Å²) in [5.41, 5.74) is 4.16. The number of para-hydroxylation sites is 1. The molecular weight excluding hydrogens is 666 g/mol. The fourth-order valence-electron chi connectivity index (χ4n) is 6.23. The monoisotopic (exact) mass is 707 g/mol. The molecule has 0 aliphatic carbocycles. The minimum atomic E-state index is -0.466. The standard InChI is InChI=1S/C37H41N9O6/c1-24-11-10-14-28-33(24)45(37(48)52-23-25-12-8-7-9-13-25)18-17-44(28)31-19-26-22-38-36(40-34(26)43(5)35(31)47)39-27-20-30(46(49)50)29(21-32(27)51-6)42(4)16-15-41(2)3/h7-14,19-22H,15-18,23H2,1-6H3,(H,38,39,40). The molecule has 1 N–H and O–H groups in total. The number of nitrogens with one attached hydrogen (secondary N) is 1. The number of aryl methyl sites for hydroxylation is 2. The number of anilines is 6. The molecule has 270 valence electrons. The number of likely N-dealkylation sites (N-methyl/N-ethyl adjacent to an activating group) is 2. The Morgan fingerprint density at radius 2 is 1.79 bits per heavy atom. The van der Waals surface area contributed by atoms with Crippen molar-refractivity contribution in [3.8, 4) is 5.75 Å². The molecule has 0 spiro atoms. The average Bonchev–Trinajstić information content (AvgIpc) is 3.14. The first kappa shape index (κ1) is 35.6. The van der Waals surface area contributed by atoms with Crippen molar-refractivity contribution in [1.82, 2.24) is 19.4 Å². The van der Waals surface area contributed by atoms with Crippen molar-refractivity contribution in [2.75, 3.05) is 74.4 Å². The van der Waals surface area contributed by atoms with Crippen molar-refractivity contribution in [1.29, 1.82) is 0 Å². The normalized spacial score (nSPS) is 12.5. The molecule has 3 aromatic carbocycles. The van der Waals surface area contributed by atoms with Crippen LogP contribution in [0, 0.1) is 17.0 Å². The van der Waals surface area contributed by atoms with E-state index in [9.17, 15) is 19.7 Å². The largest absolute Gasteiger partial charge is 0.494 e. The smallest absolute Gasteiger partial charge is 0.414 e. The number of fused-ring (bicyclic) bond motifs is 2. The first-order chi connectivity index (χ1) is 25.0. The van der Waals surface area contributed by atoms with Gasteiger partial charge in [0.25, 0.3) is 11.2 Å². The van der Waals surface area contributed by atoms with Crippen LogP contribution in [0.2, 0.25) is 0 Å². The minimum Gasteiger partial charge on any atom is -0.494 e. The maximum absolute atomic E-state index is 14.0. The summed E-state index contributed by atoms with van der Waals surface area (Å²) in [6, 6.07) is 19.9. The van der Waals surface area contributed by atoms with Crippen molar-refractivity contribution in [2.24, 2.45) is 7.05 Å². The summed E-state index contributed by atoms with van der Waals surface area (Å²) >= 11 is 0. The third-order valence-electron chi connectivity index (χ3n) is 9.00. The van der Waals surface area contributed by atoms with Crippen molar-refractivity contribution < 1.29 is 19.2 Å². The van der Waals surface area contributed by atoms with E-state index in [0.717, 1.165) is 11.1 Å². The van der Waals surface area contributed by atoms with E-state index in [4.69, 9.17) is 9.47 Å². The van der Waals surface area contributed by atoms with Gasteiger partial charge in [-0.2, -0.15) is 4.98 Å². The molecule has 0 saturated carbocycles. The fourth-order valence-corrected chi connectivity index (χ4v) is 6.23. The number of amides is 1.